The lowest BCUT2D eigenvalue weighted by atomic mass is 10.0. The Morgan fingerprint density at radius 2 is 0.588 bits per heavy atom. The average Bonchev–Trinajstić information content (AvgIpc) is 3.51. The molecule has 1 amide bonds. The van der Waals surface area contributed by atoms with Crippen molar-refractivity contribution in [2.75, 3.05) is 13.2 Å². The Bertz CT molecular complexity index is 1420. The zero-order chi connectivity index (χ0) is 61.3. The summed E-state index contributed by atoms with van der Waals surface area (Å²) in [5.41, 5.74) is 0. The van der Waals surface area contributed by atoms with Crippen LogP contribution in [-0.4, -0.2) is 47.4 Å². The Balaban J connectivity index is 3.39. The summed E-state index contributed by atoms with van der Waals surface area (Å²) >= 11 is 0. The van der Waals surface area contributed by atoms with E-state index in [9.17, 15) is 19.8 Å². The highest BCUT2D eigenvalue weighted by molar-refractivity contribution is 5.76. The van der Waals surface area contributed by atoms with Gasteiger partial charge in [-0.1, -0.05) is 364 Å². The number of nitrogens with one attached hydrogen (secondary N) is 1. The highest BCUT2D eigenvalue weighted by atomic mass is 16.5. The maximum Gasteiger partial charge on any atom is 0.305 e. The number of carbonyl (C=O) groups excluding carboxylic acids is 2. The van der Waals surface area contributed by atoms with Crippen molar-refractivity contribution in [2.45, 2.75) is 431 Å². The quantitative estimate of drug-likeness (QED) is 0.0320. The summed E-state index contributed by atoms with van der Waals surface area (Å²) in [7, 11) is 0. The van der Waals surface area contributed by atoms with E-state index in [-0.39, 0.29) is 18.5 Å². The first-order valence-corrected chi connectivity index (χ1v) is 38.4. The van der Waals surface area contributed by atoms with Gasteiger partial charge in [0.25, 0.3) is 0 Å². The van der Waals surface area contributed by atoms with Crippen LogP contribution in [0.4, 0.5) is 0 Å². The topological polar surface area (TPSA) is 95.9 Å². The van der Waals surface area contributed by atoms with Gasteiger partial charge < -0.3 is 20.3 Å². The number of hydrogen-bond acceptors (Lipinski definition) is 5. The van der Waals surface area contributed by atoms with Gasteiger partial charge in [0.2, 0.25) is 5.91 Å². The molecule has 2 atom stereocenters. The molecule has 0 heterocycles. The minimum atomic E-state index is -0.664. The van der Waals surface area contributed by atoms with Crippen molar-refractivity contribution in [3.63, 3.8) is 0 Å². The summed E-state index contributed by atoms with van der Waals surface area (Å²) in [4.78, 5) is 24.6. The predicted molar refractivity (Wildman–Crippen MR) is 375 cm³/mol. The molecule has 0 saturated carbocycles. The molecule has 0 spiro atoms. The fraction of sp³-hybridized carbons (Fsp3) is 0.873. The molecule has 0 bridgehead atoms. The van der Waals surface area contributed by atoms with E-state index >= 15 is 0 Å². The lowest BCUT2D eigenvalue weighted by Crippen LogP contribution is -2.45. The number of amides is 1. The second-order valence-electron chi connectivity index (χ2n) is 26.3. The number of aliphatic hydroxyl groups is 2. The molecular weight excluding hydrogens is 1040 g/mol. The van der Waals surface area contributed by atoms with Crippen LogP contribution < -0.4 is 5.32 Å². The fourth-order valence-corrected chi connectivity index (χ4v) is 12.0. The number of allylic oxidation sites excluding steroid dienone is 8. The maximum absolute atomic E-state index is 12.5. The summed E-state index contributed by atoms with van der Waals surface area (Å²) in [5, 5.41) is 23.4. The normalized spacial score (nSPS) is 12.8. The van der Waals surface area contributed by atoms with E-state index in [0.717, 1.165) is 57.8 Å². The minimum Gasteiger partial charge on any atom is -0.466 e. The smallest absolute Gasteiger partial charge is 0.305 e. The molecule has 6 nitrogen and oxygen atoms in total. The highest BCUT2D eigenvalue weighted by Crippen LogP contribution is 2.19. The van der Waals surface area contributed by atoms with Crippen molar-refractivity contribution >= 4 is 11.9 Å². The van der Waals surface area contributed by atoms with E-state index in [1.807, 2.05) is 0 Å². The molecule has 85 heavy (non-hydrogen) atoms. The van der Waals surface area contributed by atoms with Crippen LogP contribution in [0.1, 0.15) is 418 Å². The highest BCUT2D eigenvalue weighted by Gasteiger charge is 2.20. The van der Waals surface area contributed by atoms with Crippen molar-refractivity contribution in [3.05, 3.63) is 48.6 Å². The lowest BCUT2D eigenvalue weighted by Gasteiger charge is -2.22. The largest absolute Gasteiger partial charge is 0.466 e. The molecule has 0 aromatic rings. The van der Waals surface area contributed by atoms with Gasteiger partial charge in [0.15, 0.2) is 0 Å². The Morgan fingerprint density at radius 1 is 0.329 bits per heavy atom. The van der Waals surface area contributed by atoms with Crippen LogP contribution in [0.2, 0.25) is 0 Å². The van der Waals surface area contributed by atoms with Crippen molar-refractivity contribution in [1.82, 2.24) is 5.32 Å². The molecule has 6 heteroatoms. The number of aliphatic hydroxyl groups excluding tert-OH is 2. The van der Waals surface area contributed by atoms with Gasteiger partial charge in [-0.25, -0.2) is 0 Å². The monoisotopic (exact) mass is 1190 g/mol. The fourth-order valence-electron chi connectivity index (χ4n) is 12.0. The van der Waals surface area contributed by atoms with E-state index in [4.69, 9.17) is 4.74 Å². The van der Waals surface area contributed by atoms with Crippen LogP contribution in [-0.2, 0) is 14.3 Å². The van der Waals surface area contributed by atoms with Gasteiger partial charge in [0.1, 0.15) is 0 Å². The van der Waals surface area contributed by atoms with Crippen molar-refractivity contribution in [2.24, 2.45) is 0 Å². The van der Waals surface area contributed by atoms with Crippen molar-refractivity contribution in [3.8, 4) is 0 Å². The van der Waals surface area contributed by atoms with E-state index < -0.39 is 12.1 Å². The first-order valence-electron chi connectivity index (χ1n) is 38.4. The first kappa shape index (κ1) is 82.8. The first-order chi connectivity index (χ1) is 42.0. The average molecular weight is 1190 g/mol. The molecule has 0 aromatic carbocycles. The molecule has 0 aromatic heterocycles. The van der Waals surface area contributed by atoms with Gasteiger partial charge in [0, 0.05) is 12.8 Å². The number of hydrogen-bond donors (Lipinski definition) is 3. The SMILES string of the molecule is CCCCCC/C=C\C/C=C\CCCCCCCC(=O)OCCCCCCCCCCC/C=C\C/C=C\CCCCCCCCCCCCCCCCCCCC(=O)NC(CO)C(O)CCCCCCCCCCCCCCCCCCCCC. The van der Waals surface area contributed by atoms with Crippen LogP contribution in [0.5, 0.6) is 0 Å². The third-order valence-electron chi connectivity index (χ3n) is 17.9. The Morgan fingerprint density at radius 3 is 0.906 bits per heavy atom. The standard InChI is InChI=1S/C79H149NO5/c1-3-5-7-9-11-13-15-17-19-21-37-40-43-47-51-55-59-63-67-71-77(82)76(75-81)80-78(83)72-68-64-60-56-52-48-44-41-38-35-33-31-29-27-25-23-22-24-26-28-30-32-34-36-39-42-46-50-54-58-62-66-70-74-85-79(84)73-69-65-61-57-53-49-45-20-18-16-14-12-10-8-6-4-2/h14,16,20,26,28,32,34,45,76-77,81-82H,3-13,15,17-19,21-25,27,29-31,33,35-44,46-75H2,1-2H3,(H,80,83)/b16-14-,28-26-,34-32-,45-20-. The molecule has 0 aliphatic rings. The Labute approximate surface area is 531 Å². The van der Waals surface area contributed by atoms with E-state index in [1.165, 1.54) is 327 Å². The van der Waals surface area contributed by atoms with E-state index in [0.29, 0.717) is 25.9 Å². The molecule has 0 rings (SSSR count). The van der Waals surface area contributed by atoms with Gasteiger partial charge in [-0.3, -0.25) is 9.59 Å². The maximum atomic E-state index is 12.5. The van der Waals surface area contributed by atoms with Crippen molar-refractivity contribution < 1.29 is 24.5 Å². The summed E-state index contributed by atoms with van der Waals surface area (Å²) in [6.45, 7) is 4.96. The van der Waals surface area contributed by atoms with Crippen LogP contribution in [0.3, 0.4) is 0 Å². The van der Waals surface area contributed by atoms with Crippen LogP contribution in [0, 0.1) is 0 Å². The van der Waals surface area contributed by atoms with Gasteiger partial charge >= 0.3 is 5.97 Å². The second kappa shape index (κ2) is 74.3. The number of carbonyl (C=O) groups is 2. The van der Waals surface area contributed by atoms with Crippen molar-refractivity contribution in [1.29, 1.82) is 0 Å². The number of ether oxygens (including phenoxy) is 1. The molecule has 3 N–H and O–H groups in total. The predicted octanol–water partition coefficient (Wildman–Crippen LogP) is 25.2. The minimum absolute atomic E-state index is 0.00104. The van der Waals surface area contributed by atoms with Crippen LogP contribution in [0.15, 0.2) is 48.6 Å². The molecule has 0 fully saturated rings. The van der Waals surface area contributed by atoms with Crippen LogP contribution in [0.25, 0.3) is 0 Å². The molecule has 2 unspecified atom stereocenters. The van der Waals surface area contributed by atoms with Gasteiger partial charge in [-0.2, -0.15) is 0 Å². The Hall–Kier alpha value is -2.18. The third kappa shape index (κ3) is 70.8. The number of esters is 1. The summed E-state index contributed by atoms with van der Waals surface area (Å²) in [6, 6.07) is -0.541. The number of unbranched alkanes of at least 4 members (excludes halogenated alkanes) is 53. The second-order valence-corrected chi connectivity index (χ2v) is 26.3. The summed E-state index contributed by atoms with van der Waals surface area (Å²) < 4.78 is 5.49. The number of rotatable bonds is 72. The molecule has 0 aliphatic heterocycles. The van der Waals surface area contributed by atoms with Crippen LogP contribution >= 0.6 is 0 Å². The van der Waals surface area contributed by atoms with Gasteiger partial charge in [-0.05, 0) is 89.9 Å². The summed E-state index contributed by atoms with van der Waals surface area (Å²) in [6.07, 6.45) is 97.6. The Kier molecular flexibility index (Phi) is 72.4. The van der Waals surface area contributed by atoms with Gasteiger partial charge in [0.05, 0.1) is 25.4 Å². The van der Waals surface area contributed by atoms with E-state index in [2.05, 4.69) is 67.8 Å². The lowest BCUT2D eigenvalue weighted by molar-refractivity contribution is -0.143. The molecule has 0 saturated heterocycles. The molecule has 500 valence electrons. The molecule has 0 radical (unpaired) electrons. The third-order valence-corrected chi connectivity index (χ3v) is 17.9. The molecular formula is C79H149NO5. The molecule has 0 aliphatic carbocycles. The van der Waals surface area contributed by atoms with Gasteiger partial charge in [-0.15, -0.1) is 0 Å². The summed E-state index contributed by atoms with van der Waals surface area (Å²) in [5.74, 6) is -0.0282. The van der Waals surface area contributed by atoms with E-state index in [1.54, 1.807) is 0 Å². The zero-order valence-corrected chi connectivity index (χ0v) is 57.4. The zero-order valence-electron chi connectivity index (χ0n) is 57.4.